The van der Waals surface area contributed by atoms with E-state index in [1.54, 1.807) is 0 Å². The molecular formula is C14H23NO3. The Bertz CT molecular complexity index is 341. The standard InChI is InChI=1S/C14H23NO3/c1-4-5-6-7-15-10-11-8-12(17-2)14(16)13(9-11)18-3/h8-9,15-16H,4-7,10H2,1-3H3. The van der Waals surface area contributed by atoms with E-state index in [2.05, 4.69) is 12.2 Å². The van der Waals surface area contributed by atoms with Crippen LogP contribution in [0.1, 0.15) is 31.7 Å². The second-order valence-corrected chi connectivity index (χ2v) is 4.23. The maximum Gasteiger partial charge on any atom is 0.200 e. The fourth-order valence-corrected chi connectivity index (χ4v) is 1.78. The molecule has 1 aromatic carbocycles. The summed E-state index contributed by atoms with van der Waals surface area (Å²) in [5.41, 5.74) is 1.04. The van der Waals surface area contributed by atoms with Gasteiger partial charge in [0.05, 0.1) is 14.2 Å². The lowest BCUT2D eigenvalue weighted by Gasteiger charge is -2.11. The molecular weight excluding hydrogens is 230 g/mol. The van der Waals surface area contributed by atoms with Crippen molar-refractivity contribution in [3.63, 3.8) is 0 Å². The Morgan fingerprint density at radius 2 is 1.72 bits per heavy atom. The highest BCUT2D eigenvalue weighted by Gasteiger charge is 2.10. The van der Waals surface area contributed by atoms with Gasteiger partial charge in [0, 0.05) is 6.54 Å². The van der Waals surface area contributed by atoms with Crippen molar-refractivity contribution in [1.82, 2.24) is 5.32 Å². The smallest absolute Gasteiger partial charge is 0.200 e. The number of benzene rings is 1. The van der Waals surface area contributed by atoms with Gasteiger partial charge in [0.2, 0.25) is 5.75 Å². The van der Waals surface area contributed by atoms with E-state index in [1.807, 2.05) is 12.1 Å². The molecule has 1 aromatic rings. The zero-order valence-electron chi connectivity index (χ0n) is 11.5. The minimum Gasteiger partial charge on any atom is -0.502 e. The van der Waals surface area contributed by atoms with E-state index in [0.29, 0.717) is 11.5 Å². The van der Waals surface area contributed by atoms with Gasteiger partial charge in [0.1, 0.15) is 0 Å². The zero-order valence-corrected chi connectivity index (χ0v) is 11.5. The number of ether oxygens (including phenoxy) is 2. The second-order valence-electron chi connectivity index (χ2n) is 4.23. The van der Waals surface area contributed by atoms with E-state index in [1.165, 1.54) is 33.5 Å². The molecule has 0 aliphatic rings. The molecule has 0 aromatic heterocycles. The molecule has 0 atom stereocenters. The highest BCUT2D eigenvalue weighted by atomic mass is 16.5. The molecule has 0 spiro atoms. The average Bonchev–Trinajstić information content (AvgIpc) is 2.40. The van der Waals surface area contributed by atoms with Gasteiger partial charge in [-0.05, 0) is 30.7 Å². The third kappa shape index (κ3) is 4.11. The van der Waals surface area contributed by atoms with Crippen LogP contribution in [0.25, 0.3) is 0 Å². The number of hydrogen-bond donors (Lipinski definition) is 2. The number of methoxy groups -OCH3 is 2. The van der Waals surface area contributed by atoms with Crippen LogP contribution in [0.15, 0.2) is 12.1 Å². The van der Waals surface area contributed by atoms with E-state index >= 15 is 0 Å². The van der Waals surface area contributed by atoms with Gasteiger partial charge >= 0.3 is 0 Å². The first kappa shape index (κ1) is 14.6. The molecule has 2 N–H and O–H groups in total. The predicted molar refractivity (Wildman–Crippen MR) is 72.4 cm³/mol. The van der Waals surface area contributed by atoms with Gasteiger partial charge in [0.25, 0.3) is 0 Å². The van der Waals surface area contributed by atoms with Crippen LogP contribution in [0.2, 0.25) is 0 Å². The molecule has 102 valence electrons. The minimum absolute atomic E-state index is 0.0507. The number of hydrogen-bond acceptors (Lipinski definition) is 4. The molecule has 0 bridgehead atoms. The minimum atomic E-state index is 0.0507. The number of phenolic OH excluding ortho intramolecular Hbond substituents is 1. The van der Waals surface area contributed by atoms with Gasteiger partial charge < -0.3 is 19.9 Å². The summed E-state index contributed by atoms with van der Waals surface area (Å²) < 4.78 is 10.2. The van der Waals surface area contributed by atoms with Gasteiger partial charge in [-0.15, -0.1) is 0 Å². The molecule has 0 saturated carbocycles. The van der Waals surface area contributed by atoms with Crippen LogP contribution >= 0.6 is 0 Å². The van der Waals surface area contributed by atoms with Crippen LogP contribution < -0.4 is 14.8 Å². The molecule has 4 heteroatoms. The van der Waals surface area contributed by atoms with Crippen LogP contribution in [-0.4, -0.2) is 25.9 Å². The molecule has 0 fully saturated rings. The van der Waals surface area contributed by atoms with E-state index in [0.717, 1.165) is 18.7 Å². The molecule has 0 amide bonds. The Morgan fingerprint density at radius 3 is 2.22 bits per heavy atom. The highest BCUT2D eigenvalue weighted by Crippen LogP contribution is 2.36. The van der Waals surface area contributed by atoms with E-state index in [4.69, 9.17) is 9.47 Å². The Kier molecular flexibility index (Phi) is 6.36. The van der Waals surface area contributed by atoms with Crippen molar-refractivity contribution >= 4 is 0 Å². The molecule has 0 saturated heterocycles. The van der Waals surface area contributed by atoms with Crippen molar-refractivity contribution in [1.29, 1.82) is 0 Å². The largest absolute Gasteiger partial charge is 0.502 e. The molecule has 0 aliphatic heterocycles. The SMILES string of the molecule is CCCCCNCc1cc(OC)c(O)c(OC)c1. The summed E-state index contributed by atoms with van der Waals surface area (Å²) in [7, 11) is 3.07. The van der Waals surface area contributed by atoms with Crippen LogP contribution in [0.5, 0.6) is 17.2 Å². The zero-order chi connectivity index (χ0) is 13.4. The lowest BCUT2D eigenvalue weighted by molar-refractivity contribution is 0.339. The number of unbranched alkanes of at least 4 members (excludes halogenated alkanes) is 2. The van der Waals surface area contributed by atoms with Crippen LogP contribution in [0.4, 0.5) is 0 Å². The van der Waals surface area contributed by atoms with E-state index < -0.39 is 0 Å². The quantitative estimate of drug-likeness (QED) is 0.699. The van der Waals surface area contributed by atoms with Crippen molar-refractivity contribution in [3.8, 4) is 17.2 Å². The molecule has 0 aliphatic carbocycles. The normalized spacial score (nSPS) is 10.4. The summed E-state index contributed by atoms with van der Waals surface area (Å²) >= 11 is 0. The Labute approximate surface area is 109 Å². The fourth-order valence-electron chi connectivity index (χ4n) is 1.78. The third-order valence-corrected chi connectivity index (χ3v) is 2.83. The van der Waals surface area contributed by atoms with Crippen molar-refractivity contribution < 1.29 is 14.6 Å². The summed E-state index contributed by atoms with van der Waals surface area (Å²) in [6, 6.07) is 3.65. The second kappa shape index (κ2) is 7.82. The average molecular weight is 253 g/mol. The first-order valence-corrected chi connectivity index (χ1v) is 6.37. The van der Waals surface area contributed by atoms with Gasteiger partial charge in [-0.25, -0.2) is 0 Å². The molecule has 0 heterocycles. The van der Waals surface area contributed by atoms with E-state index in [9.17, 15) is 5.11 Å². The maximum absolute atomic E-state index is 9.78. The molecule has 18 heavy (non-hydrogen) atoms. The summed E-state index contributed by atoms with van der Waals surface area (Å²) in [6.45, 7) is 3.94. The molecule has 0 unspecified atom stereocenters. The lowest BCUT2D eigenvalue weighted by Crippen LogP contribution is -2.14. The Balaban J connectivity index is 2.60. The number of nitrogens with one attached hydrogen (secondary N) is 1. The maximum atomic E-state index is 9.78. The van der Waals surface area contributed by atoms with Gasteiger partial charge in [-0.3, -0.25) is 0 Å². The van der Waals surface area contributed by atoms with Gasteiger partial charge in [-0.1, -0.05) is 19.8 Å². The summed E-state index contributed by atoms with van der Waals surface area (Å²) in [4.78, 5) is 0. The molecule has 1 rings (SSSR count). The van der Waals surface area contributed by atoms with Crippen LogP contribution in [-0.2, 0) is 6.54 Å². The fraction of sp³-hybridized carbons (Fsp3) is 0.571. The topological polar surface area (TPSA) is 50.7 Å². The summed E-state index contributed by atoms with van der Waals surface area (Å²) in [6.07, 6.45) is 3.65. The monoisotopic (exact) mass is 253 g/mol. The first-order chi connectivity index (χ1) is 8.72. The number of rotatable bonds is 8. The third-order valence-electron chi connectivity index (χ3n) is 2.83. The van der Waals surface area contributed by atoms with E-state index in [-0.39, 0.29) is 5.75 Å². The molecule has 0 radical (unpaired) electrons. The summed E-state index contributed by atoms with van der Waals surface area (Å²) in [5.74, 6) is 0.939. The van der Waals surface area contributed by atoms with Gasteiger partial charge in [-0.2, -0.15) is 0 Å². The highest BCUT2D eigenvalue weighted by molar-refractivity contribution is 5.52. The summed E-state index contributed by atoms with van der Waals surface area (Å²) in [5, 5.41) is 13.2. The Hall–Kier alpha value is -1.42. The van der Waals surface area contributed by atoms with Gasteiger partial charge in [0.15, 0.2) is 11.5 Å². The predicted octanol–water partition coefficient (Wildman–Crippen LogP) is 2.69. The van der Waals surface area contributed by atoms with Crippen molar-refractivity contribution in [2.75, 3.05) is 20.8 Å². The lowest BCUT2D eigenvalue weighted by atomic mass is 10.1. The van der Waals surface area contributed by atoms with Crippen molar-refractivity contribution in [2.24, 2.45) is 0 Å². The Morgan fingerprint density at radius 1 is 1.11 bits per heavy atom. The molecule has 4 nitrogen and oxygen atoms in total. The van der Waals surface area contributed by atoms with Crippen molar-refractivity contribution in [3.05, 3.63) is 17.7 Å². The van der Waals surface area contributed by atoms with Crippen LogP contribution in [0, 0.1) is 0 Å². The number of aromatic hydroxyl groups is 1. The van der Waals surface area contributed by atoms with Crippen LogP contribution in [0.3, 0.4) is 0 Å². The van der Waals surface area contributed by atoms with Crippen molar-refractivity contribution in [2.45, 2.75) is 32.7 Å². The number of phenols is 1. The first-order valence-electron chi connectivity index (χ1n) is 6.37.